The molecule has 2 N–H and O–H groups in total. The van der Waals surface area contributed by atoms with Gasteiger partial charge in [-0.3, -0.25) is 4.99 Å². The predicted octanol–water partition coefficient (Wildman–Crippen LogP) is 2.98. The zero-order valence-electron chi connectivity index (χ0n) is 13.9. The summed E-state index contributed by atoms with van der Waals surface area (Å²) in [5.74, 6) is 0.425. The molecule has 1 aromatic carbocycles. The van der Waals surface area contributed by atoms with E-state index in [1.54, 1.807) is 47.7 Å². The van der Waals surface area contributed by atoms with Crippen LogP contribution in [0.1, 0.15) is 10.4 Å². The van der Waals surface area contributed by atoms with Gasteiger partial charge in [0.25, 0.3) is 0 Å². The lowest BCUT2D eigenvalue weighted by atomic mass is 10.2. The lowest BCUT2D eigenvalue weighted by Crippen LogP contribution is -2.37. The fourth-order valence-electron chi connectivity index (χ4n) is 2.44. The molecule has 7 heteroatoms. The van der Waals surface area contributed by atoms with Crippen molar-refractivity contribution in [3.8, 4) is 5.69 Å². The fraction of sp³-hybridized carbons (Fsp3) is 0.222. The number of nitrogens with one attached hydrogen (secondary N) is 2. The Bertz CT molecular complexity index is 812. The van der Waals surface area contributed by atoms with Crippen LogP contribution in [0.4, 0.5) is 4.39 Å². The molecule has 0 aliphatic carbocycles. The maximum Gasteiger partial charge on any atom is 0.191 e. The maximum absolute atomic E-state index is 14.3. The molecule has 3 aromatic rings. The second-order valence-corrected chi connectivity index (χ2v) is 6.47. The first-order valence-corrected chi connectivity index (χ1v) is 8.88. The van der Waals surface area contributed by atoms with Gasteiger partial charge in [0.2, 0.25) is 0 Å². The number of hydrogen-bond donors (Lipinski definition) is 2. The van der Waals surface area contributed by atoms with Crippen LogP contribution in [-0.4, -0.2) is 29.1 Å². The number of rotatable bonds is 6. The highest BCUT2D eigenvalue weighted by molar-refractivity contribution is 7.09. The Morgan fingerprint density at radius 3 is 2.92 bits per heavy atom. The highest BCUT2D eigenvalue weighted by Crippen LogP contribution is 2.15. The summed E-state index contributed by atoms with van der Waals surface area (Å²) >= 11 is 1.75. The van der Waals surface area contributed by atoms with Crippen LogP contribution in [0.2, 0.25) is 0 Å². The van der Waals surface area contributed by atoms with E-state index >= 15 is 0 Å². The summed E-state index contributed by atoms with van der Waals surface area (Å²) in [6, 6.07) is 9.34. The van der Waals surface area contributed by atoms with E-state index in [4.69, 9.17) is 0 Å². The molecule has 2 aromatic heterocycles. The molecular formula is C18H20FN5S. The Morgan fingerprint density at radius 2 is 2.24 bits per heavy atom. The third-order valence-electron chi connectivity index (χ3n) is 3.72. The highest BCUT2D eigenvalue weighted by atomic mass is 32.1. The van der Waals surface area contributed by atoms with Crippen LogP contribution < -0.4 is 10.6 Å². The van der Waals surface area contributed by atoms with Gasteiger partial charge in [0.05, 0.1) is 12.0 Å². The number of guanidine groups is 1. The molecule has 0 radical (unpaired) electrons. The molecule has 0 atom stereocenters. The van der Waals surface area contributed by atoms with Gasteiger partial charge < -0.3 is 15.2 Å². The smallest absolute Gasteiger partial charge is 0.191 e. The fourth-order valence-corrected chi connectivity index (χ4v) is 3.15. The van der Waals surface area contributed by atoms with Crippen molar-refractivity contribution in [2.24, 2.45) is 4.99 Å². The number of nitrogens with zero attached hydrogens (tertiary/aromatic N) is 3. The second kappa shape index (κ2) is 8.43. The summed E-state index contributed by atoms with van der Waals surface area (Å²) in [5, 5.41) is 8.54. The number of imidazole rings is 1. The minimum absolute atomic E-state index is 0.280. The Kier molecular flexibility index (Phi) is 5.79. The van der Waals surface area contributed by atoms with Gasteiger partial charge in [-0.1, -0.05) is 12.1 Å². The zero-order chi connectivity index (χ0) is 17.5. The van der Waals surface area contributed by atoms with E-state index in [0.29, 0.717) is 18.2 Å². The van der Waals surface area contributed by atoms with Gasteiger partial charge in [-0.2, -0.15) is 0 Å². The van der Waals surface area contributed by atoms with Crippen molar-refractivity contribution in [2.45, 2.75) is 13.0 Å². The van der Waals surface area contributed by atoms with Gasteiger partial charge >= 0.3 is 0 Å². The molecule has 0 aliphatic heterocycles. The van der Waals surface area contributed by atoms with Crippen molar-refractivity contribution in [3.05, 3.63) is 70.7 Å². The first-order chi connectivity index (χ1) is 12.3. The van der Waals surface area contributed by atoms with Crippen LogP contribution in [0.25, 0.3) is 5.69 Å². The van der Waals surface area contributed by atoms with Crippen LogP contribution in [-0.2, 0) is 13.0 Å². The molecule has 0 spiro atoms. The monoisotopic (exact) mass is 357 g/mol. The average molecular weight is 357 g/mol. The lowest BCUT2D eigenvalue weighted by molar-refractivity contribution is 0.615. The zero-order valence-corrected chi connectivity index (χ0v) is 14.8. The predicted molar refractivity (Wildman–Crippen MR) is 99.7 cm³/mol. The normalized spacial score (nSPS) is 11.5. The summed E-state index contributed by atoms with van der Waals surface area (Å²) in [7, 11) is 1.73. The molecule has 5 nitrogen and oxygen atoms in total. The van der Waals surface area contributed by atoms with E-state index in [2.05, 4.69) is 38.1 Å². The van der Waals surface area contributed by atoms with Crippen LogP contribution in [0, 0.1) is 5.82 Å². The number of aromatic nitrogens is 2. The van der Waals surface area contributed by atoms with E-state index in [9.17, 15) is 4.39 Å². The Labute approximate surface area is 150 Å². The number of halogens is 1. The molecule has 0 saturated carbocycles. The molecule has 25 heavy (non-hydrogen) atoms. The molecule has 0 fully saturated rings. The lowest BCUT2D eigenvalue weighted by Gasteiger charge is -2.12. The van der Waals surface area contributed by atoms with Crippen LogP contribution in [0.5, 0.6) is 0 Å². The summed E-state index contributed by atoms with van der Waals surface area (Å²) in [6.45, 7) is 1.30. The number of aliphatic imine (C=N–C) groups is 1. The first-order valence-electron chi connectivity index (χ1n) is 8.00. The number of hydrogen-bond acceptors (Lipinski definition) is 3. The van der Waals surface area contributed by atoms with Gasteiger partial charge in [-0.15, -0.1) is 11.3 Å². The molecule has 0 amide bonds. The van der Waals surface area contributed by atoms with Crippen molar-refractivity contribution in [2.75, 3.05) is 13.6 Å². The molecular weight excluding hydrogens is 337 g/mol. The summed E-state index contributed by atoms with van der Waals surface area (Å²) < 4.78 is 15.9. The maximum atomic E-state index is 14.3. The van der Waals surface area contributed by atoms with E-state index < -0.39 is 0 Å². The van der Waals surface area contributed by atoms with E-state index in [-0.39, 0.29) is 5.82 Å². The molecule has 3 rings (SSSR count). The average Bonchev–Trinajstić information content (AvgIpc) is 3.31. The first kappa shape index (κ1) is 17.2. The molecule has 0 aliphatic rings. The quantitative estimate of drug-likeness (QED) is 0.527. The minimum atomic E-state index is -0.280. The van der Waals surface area contributed by atoms with Crippen molar-refractivity contribution >= 4 is 17.3 Å². The van der Waals surface area contributed by atoms with Gasteiger partial charge in [0, 0.05) is 37.4 Å². The minimum Gasteiger partial charge on any atom is -0.356 e. The van der Waals surface area contributed by atoms with Crippen LogP contribution in [0.15, 0.2) is 59.4 Å². The molecule has 0 bridgehead atoms. The SMILES string of the molecule is CN=C(NCCc1cccs1)NCc1ccc(-n2ccnc2)c(F)c1. The summed E-state index contributed by atoms with van der Waals surface area (Å²) in [5.41, 5.74) is 1.34. The molecule has 130 valence electrons. The van der Waals surface area contributed by atoms with E-state index in [1.807, 2.05) is 6.07 Å². The van der Waals surface area contributed by atoms with Crippen molar-refractivity contribution in [1.82, 2.24) is 20.2 Å². The Hall–Kier alpha value is -2.67. The summed E-state index contributed by atoms with van der Waals surface area (Å²) in [6.07, 6.45) is 5.87. The topological polar surface area (TPSA) is 54.2 Å². The van der Waals surface area contributed by atoms with Gasteiger partial charge in [-0.05, 0) is 35.6 Å². The highest BCUT2D eigenvalue weighted by Gasteiger charge is 2.06. The van der Waals surface area contributed by atoms with E-state index in [1.165, 1.54) is 10.9 Å². The van der Waals surface area contributed by atoms with Crippen molar-refractivity contribution in [1.29, 1.82) is 0 Å². The van der Waals surface area contributed by atoms with Crippen molar-refractivity contribution < 1.29 is 4.39 Å². The Balaban J connectivity index is 1.52. The van der Waals surface area contributed by atoms with Gasteiger partial charge in [0.15, 0.2) is 5.96 Å². The van der Waals surface area contributed by atoms with Gasteiger partial charge in [0.1, 0.15) is 5.82 Å². The molecule has 0 saturated heterocycles. The largest absolute Gasteiger partial charge is 0.356 e. The summed E-state index contributed by atoms with van der Waals surface area (Å²) in [4.78, 5) is 9.47. The van der Waals surface area contributed by atoms with E-state index in [0.717, 1.165) is 18.5 Å². The van der Waals surface area contributed by atoms with Crippen molar-refractivity contribution in [3.63, 3.8) is 0 Å². The van der Waals surface area contributed by atoms with Gasteiger partial charge in [-0.25, -0.2) is 9.37 Å². The second-order valence-electron chi connectivity index (χ2n) is 5.44. The number of thiophene rings is 1. The molecule has 0 unspecified atom stereocenters. The van der Waals surface area contributed by atoms with Crippen LogP contribution >= 0.6 is 11.3 Å². The molecule has 2 heterocycles. The standard InChI is InChI=1S/C18H20FN5S/c1-20-18(22-7-6-15-3-2-10-25-15)23-12-14-4-5-17(16(19)11-14)24-9-8-21-13-24/h2-5,8-11,13H,6-7,12H2,1H3,(H2,20,22,23). The van der Waals surface area contributed by atoms with Crippen LogP contribution in [0.3, 0.4) is 0 Å². The third kappa shape index (κ3) is 4.67. The Morgan fingerprint density at radius 1 is 1.32 bits per heavy atom. The third-order valence-corrected chi connectivity index (χ3v) is 4.66. The number of benzene rings is 1.